The number of piperidine rings is 1. The fourth-order valence-corrected chi connectivity index (χ4v) is 4.98. The molecule has 1 aromatic carbocycles. The van der Waals surface area contributed by atoms with Gasteiger partial charge in [0.05, 0.1) is 9.92 Å². The van der Waals surface area contributed by atoms with Crippen molar-refractivity contribution in [2.75, 3.05) is 26.2 Å². The Labute approximate surface area is 163 Å². The third-order valence-corrected chi connectivity index (χ3v) is 6.94. The van der Waals surface area contributed by atoms with Crippen LogP contribution in [0.2, 0.25) is 5.02 Å². The first-order valence-electron chi connectivity index (χ1n) is 8.34. The van der Waals surface area contributed by atoms with Crippen LogP contribution in [-0.2, 0) is 14.8 Å². The van der Waals surface area contributed by atoms with Crippen molar-refractivity contribution in [1.29, 1.82) is 0 Å². The average Bonchev–Trinajstić information content (AvgIpc) is 3.10. The Bertz CT molecular complexity index is 749. The number of benzene rings is 1. The number of hydrogen-bond acceptors (Lipinski definition) is 4. The molecule has 2 aliphatic heterocycles. The Hall–Kier alpha value is -0.930. The molecule has 2 aliphatic rings. The van der Waals surface area contributed by atoms with Crippen molar-refractivity contribution in [2.45, 2.75) is 30.2 Å². The number of sulfonamides is 1. The lowest BCUT2D eigenvalue weighted by atomic mass is 9.97. The van der Waals surface area contributed by atoms with Gasteiger partial charge in [-0.15, -0.1) is 12.4 Å². The zero-order valence-electron chi connectivity index (χ0n) is 14.1. The van der Waals surface area contributed by atoms with Gasteiger partial charge in [0.15, 0.2) is 0 Å². The first kappa shape index (κ1) is 21.4. The summed E-state index contributed by atoms with van der Waals surface area (Å²) in [6.45, 7) is 2.21. The molecular formula is C16H22Cl2FN3O3S. The summed E-state index contributed by atoms with van der Waals surface area (Å²) in [6.07, 6.45) is 1.87. The Morgan fingerprint density at radius 1 is 1.27 bits per heavy atom. The summed E-state index contributed by atoms with van der Waals surface area (Å²) < 4.78 is 39.9. The molecule has 3 rings (SSSR count). The van der Waals surface area contributed by atoms with Gasteiger partial charge in [0.1, 0.15) is 5.82 Å². The summed E-state index contributed by atoms with van der Waals surface area (Å²) >= 11 is 5.69. The average molecular weight is 426 g/mol. The van der Waals surface area contributed by atoms with E-state index in [1.54, 1.807) is 0 Å². The van der Waals surface area contributed by atoms with Gasteiger partial charge < -0.3 is 10.6 Å². The second-order valence-corrected chi connectivity index (χ2v) is 8.80. The molecule has 26 heavy (non-hydrogen) atoms. The lowest BCUT2D eigenvalue weighted by Crippen LogP contribution is -2.45. The molecule has 2 N–H and O–H groups in total. The molecule has 0 saturated carbocycles. The predicted molar refractivity (Wildman–Crippen MR) is 99.6 cm³/mol. The van der Waals surface area contributed by atoms with Gasteiger partial charge in [-0.2, -0.15) is 4.31 Å². The number of nitrogens with zero attached hydrogens (tertiary/aromatic N) is 1. The predicted octanol–water partition coefficient (Wildman–Crippen LogP) is 1.78. The van der Waals surface area contributed by atoms with Crippen LogP contribution in [0.4, 0.5) is 4.39 Å². The number of rotatable bonds is 4. The molecule has 2 heterocycles. The number of carbonyl (C=O) groups excluding carboxylic acids is 1. The zero-order chi connectivity index (χ0) is 18.0. The fourth-order valence-electron chi connectivity index (χ4n) is 3.24. The van der Waals surface area contributed by atoms with Gasteiger partial charge in [0, 0.05) is 31.6 Å². The number of carbonyl (C=O) groups is 1. The van der Waals surface area contributed by atoms with Crippen molar-refractivity contribution < 1.29 is 17.6 Å². The topological polar surface area (TPSA) is 78.5 Å². The van der Waals surface area contributed by atoms with Crippen LogP contribution >= 0.6 is 24.0 Å². The van der Waals surface area contributed by atoms with E-state index in [0.29, 0.717) is 12.8 Å². The van der Waals surface area contributed by atoms with Crippen LogP contribution in [0, 0.1) is 11.7 Å². The summed E-state index contributed by atoms with van der Waals surface area (Å²) in [5.41, 5.74) is 0. The minimum absolute atomic E-state index is 0. The second-order valence-electron chi connectivity index (χ2n) is 6.45. The van der Waals surface area contributed by atoms with Crippen molar-refractivity contribution in [1.82, 2.24) is 14.9 Å². The molecule has 1 atom stereocenters. The minimum atomic E-state index is -3.73. The largest absolute Gasteiger partial charge is 0.352 e. The highest BCUT2D eigenvalue weighted by Crippen LogP contribution is 2.26. The second kappa shape index (κ2) is 8.84. The van der Waals surface area contributed by atoms with Gasteiger partial charge in [-0.25, -0.2) is 12.8 Å². The molecule has 1 amide bonds. The van der Waals surface area contributed by atoms with E-state index in [0.717, 1.165) is 31.6 Å². The molecule has 2 saturated heterocycles. The number of halogens is 3. The lowest BCUT2D eigenvalue weighted by molar-refractivity contribution is -0.126. The molecule has 0 spiro atoms. The van der Waals surface area contributed by atoms with Crippen LogP contribution in [0.3, 0.4) is 0 Å². The maximum Gasteiger partial charge on any atom is 0.243 e. The van der Waals surface area contributed by atoms with Gasteiger partial charge in [0.25, 0.3) is 0 Å². The molecule has 0 bridgehead atoms. The summed E-state index contributed by atoms with van der Waals surface area (Å²) in [5.74, 6) is -0.836. The molecule has 10 heteroatoms. The summed E-state index contributed by atoms with van der Waals surface area (Å²) in [6, 6.07) is 3.54. The fraction of sp³-hybridized carbons (Fsp3) is 0.562. The van der Waals surface area contributed by atoms with E-state index in [1.165, 1.54) is 10.4 Å². The van der Waals surface area contributed by atoms with E-state index in [-0.39, 0.29) is 53.3 Å². The van der Waals surface area contributed by atoms with Crippen LogP contribution in [0.15, 0.2) is 23.1 Å². The van der Waals surface area contributed by atoms with Crippen molar-refractivity contribution in [2.24, 2.45) is 5.92 Å². The molecule has 1 aromatic rings. The van der Waals surface area contributed by atoms with Crippen LogP contribution < -0.4 is 10.6 Å². The molecule has 0 radical (unpaired) electrons. The Morgan fingerprint density at radius 3 is 2.54 bits per heavy atom. The maximum atomic E-state index is 13.2. The maximum absolute atomic E-state index is 13.2. The SMILES string of the molecule is Cl.O=C(NC1CCNC1)C1CCN(S(=O)(=O)c2ccc(F)c(Cl)c2)CC1. The molecule has 2 fully saturated rings. The third-order valence-electron chi connectivity index (χ3n) is 4.76. The van der Waals surface area contributed by atoms with Crippen LogP contribution in [0.1, 0.15) is 19.3 Å². The van der Waals surface area contributed by atoms with Gasteiger partial charge in [-0.1, -0.05) is 11.6 Å². The number of amides is 1. The normalized spacial score (nSPS) is 22.0. The van der Waals surface area contributed by atoms with E-state index >= 15 is 0 Å². The smallest absolute Gasteiger partial charge is 0.243 e. The van der Waals surface area contributed by atoms with Gasteiger partial charge in [-0.3, -0.25) is 4.79 Å². The first-order valence-corrected chi connectivity index (χ1v) is 10.2. The van der Waals surface area contributed by atoms with Crippen LogP contribution in [0.25, 0.3) is 0 Å². The minimum Gasteiger partial charge on any atom is -0.352 e. The highest BCUT2D eigenvalue weighted by molar-refractivity contribution is 7.89. The zero-order valence-corrected chi connectivity index (χ0v) is 16.5. The number of hydrogen-bond donors (Lipinski definition) is 2. The van der Waals surface area contributed by atoms with Crippen molar-refractivity contribution in [3.63, 3.8) is 0 Å². The van der Waals surface area contributed by atoms with Crippen molar-refractivity contribution >= 4 is 39.9 Å². The quantitative estimate of drug-likeness (QED) is 0.770. The van der Waals surface area contributed by atoms with Crippen LogP contribution in [-0.4, -0.2) is 50.9 Å². The summed E-state index contributed by atoms with van der Waals surface area (Å²) in [4.78, 5) is 12.3. The monoisotopic (exact) mass is 425 g/mol. The molecule has 6 nitrogen and oxygen atoms in total. The summed E-state index contributed by atoms with van der Waals surface area (Å²) in [5, 5.41) is 5.99. The highest BCUT2D eigenvalue weighted by Gasteiger charge is 2.33. The van der Waals surface area contributed by atoms with E-state index in [4.69, 9.17) is 11.6 Å². The van der Waals surface area contributed by atoms with Crippen molar-refractivity contribution in [3.8, 4) is 0 Å². The van der Waals surface area contributed by atoms with Gasteiger partial charge in [-0.05, 0) is 44.0 Å². The standard InChI is InChI=1S/C16H21ClFN3O3S.ClH/c17-14-9-13(1-2-15(14)18)25(23,24)21-7-4-11(5-8-21)16(22)20-12-3-6-19-10-12;/h1-2,9,11-12,19H,3-8,10H2,(H,20,22);1H. The molecule has 146 valence electrons. The van der Waals surface area contributed by atoms with E-state index in [2.05, 4.69) is 10.6 Å². The molecule has 0 aliphatic carbocycles. The third kappa shape index (κ3) is 4.67. The lowest BCUT2D eigenvalue weighted by Gasteiger charge is -2.31. The van der Waals surface area contributed by atoms with Crippen LogP contribution in [0.5, 0.6) is 0 Å². The Morgan fingerprint density at radius 2 is 1.96 bits per heavy atom. The first-order chi connectivity index (χ1) is 11.9. The van der Waals surface area contributed by atoms with Gasteiger partial charge >= 0.3 is 0 Å². The highest BCUT2D eigenvalue weighted by atomic mass is 35.5. The van der Waals surface area contributed by atoms with Gasteiger partial charge in [0.2, 0.25) is 15.9 Å². The Balaban J connectivity index is 0.00000243. The molecular weight excluding hydrogens is 404 g/mol. The van der Waals surface area contributed by atoms with E-state index < -0.39 is 15.8 Å². The summed E-state index contributed by atoms with van der Waals surface area (Å²) in [7, 11) is -3.73. The van der Waals surface area contributed by atoms with Crippen molar-refractivity contribution in [3.05, 3.63) is 29.0 Å². The van der Waals surface area contributed by atoms with E-state index in [1.807, 2.05) is 0 Å². The number of nitrogens with one attached hydrogen (secondary N) is 2. The molecule has 0 aromatic heterocycles. The molecule has 1 unspecified atom stereocenters. The van der Waals surface area contributed by atoms with E-state index in [9.17, 15) is 17.6 Å². The Kier molecular flexibility index (Phi) is 7.27.